The monoisotopic (exact) mass is 456 g/mol. The summed E-state index contributed by atoms with van der Waals surface area (Å²) in [5.74, 6) is 0.740. The van der Waals surface area contributed by atoms with Crippen molar-refractivity contribution < 1.29 is 23.8 Å². The summed E-state index contributed by atoms with van der Waals surface area (Å²) in [5.41, 5.74) is 1.96. The van der Waals surface area contributed by atoms with Gasteiger partial charge in [0.1, 0.15) is 19.3 Å². The average molecular weight is 457 g/mol. The number of benzene rings is 2. The molecule has 32 heavy (non-hydrogen) atoms. The van der Waals surface area contributed by atoms with Crippen LogP contribution in [0.25, 0.3) is 0 Å². The van der Waals surface area contributed by atoms with Gasteiger partial charge < -0.3 is 19.1 Å². The number of piperazine rings is 1. The van der Waals surface area contributed by atoms with Crippen LogP contribution in [0.3, 0.4) is 0 Å². The molecular weight excluding hydrogens is 432 g/mol. The molecule has 0 aromatic heterocycles. The largest absolute Gasteiger partial charge is 0.486 e. The number of carbonyl (C=O) groups is 2. The highest BCUT2D eigenvalue weighted by atomic mass is 35.5. The van der Waals surface area contributed by atoms with Crippen LogP contribution >= 0.6 is 11.6 Å². The minimum absolute atomic E-state index is 0.0187. The number of hydrogen-bond acceptors (Lipinski definition) is 6. The third-order valence-corrected chi connectivity index (χ3v) is 6.47. The molecular formula is C24H25ClN2O5. The van der Waals surface area contributed by atoms with E-state index >= 15 is 0 Å². The fraction of sp³-hybridized carbons (Fsp3) is 0.417. The van der Waals surface area contributed by atoms with E-state index in [1.54, 1.807) is 12.1 Å². The van der Waals surface area contributed by atoms with Crippen LogP contribution in [0.4, 0.5) is 0 Å². The van der Waals surface area contributed by atoms with Gasteiger partial charge in [-0.05, 0) is 35.4 Å². The third kappa shape index (κ3) is 4.40. The summed E-state index contributed by atoms with van der Waals surface area (Å²) in [7, 11) is 0. The summed E-state index contributed by atoms with van der Waals surface area (Å²) in [5, 5.41) is 0.607. The van der Waals surface area contributed by atoms with Crippen molar-refractivity contribution in [3.05, 3.63) is 58.6 Å². The van der Waals surface area contributed by atoms with Crippen molar-refractivity contribution in [3.63, 3.8) is 0 Å². The molecule has 0 spiro atoms. The molecule has 3 heterocycles. The first-order valence-corrected chi connectivity index (χ1v) is 11.3. The lowest BCUT2D eigenvalue weighted by Gasteiger charge is -2.36. The standard InChI is InChI=1S/C24H25ClN2O5/c25-18-4-2-17(3-5-18)23-19(14-22(28)32-23)24(29)27-9-7-26(8-10-27)15-16-1-6-20-21(13-16)31-12-11-30-20/h1-6,13,19,23H,7-12,14-15H2/t19-,23+/m0/s1. The Morgan fingerprint density at radius 2 is 1.69 bits per heavy atom. The number of amides is 1. The third-order valence-electron chi connectivity index (χ3n) is 6.22. The van der Waals surface area contributed by atoms with Crippen molar-refractivity contribution in [1.29, 1.82) is 0 Å². The van der Waals surface area contributed by atoms with E-state index in [0.29, 0.717) is 31.3 Å². The predicted octanol–water partition coefficient (Wildman–Crippen LogP) is 3.06. The number of hydrogen-bond donors (Lipinski definition) is 0. The Balaban J connectivity index is 1.19. The second-order valence-electron chi connectivity index (χ2n) is 8.35. The Morgan fingerprint density at radius 3 is 2.44 bits per heavy atom. The Bertz CT molecular complexity index is 1000. The zero-order valence-electron chi connectivity index (χ0n) is 17.7. The van der Waals surface area contributed by atoms with Crippen molar-refractivity contribution in [2.75, 3.05) is 39.4 Å². The van der Waals surface area contributed by atoms with Crippen molar-refractivity contribution in [3.8, 4) is 11.5 Å². The molecule has 0 saturated carbocycles. The summed E-state index contributed by atoms with van der Waals surface area (Å²) in [6, 6.07) is 13.2. The van der Waals surface area contributed by atoms with E-state index < -0.39 is 12.0 Å². The molecule has 2 fully saturated rings. The molecule has 0 aliphatic carbocycles. The van der Waals surface area contributed by atoms with Gasteiger partial charge in [-0.1, -0.05) is 29.8 Å². The highest BCUT2D eigenvalue weighted by Gasteiger charge is 2.43. The van der Waals surface area contributed by atoms with Crippen LogP contribution in [-0.4, -0.2) is 61.1 Å². The molecule has 2 atom stereocenters. The highest BCUT2D eigenvalue weighted by Crippen LogP contribution is 2.37. The number of nitrogens with zero attached hydrogens (tertiary/aromatic N) is 2. The Hall–Kier alpha value is -2.77. The summed E-state index contributed by atoms with van der Waals surface area (Å²) in [6.07, 6.45) is -0.438. The van der Waals surface area contributed by atoms with Crippen molar-refractivity contribution >= 4 is 23.5 Å². The van der Waals surface area contributed by atoms with Crippen LogP contribution < -0.4 is 9.47 Å². The minimum atomic E-state index is -0.553. The SMILES string of the molecule is O=C1C[C@H](C(=O)N2CCN(Cc3ccc4c(c3)OCCO4)CC2)[C@@H](c2ccc(Cl)cc2)O1. The van der Waals surface area contributed by atoms with E-state index in [4.69, 9.17) is 25.8 Å². The summed E-state index contributed by atoms with van der Waals surface area (Å²) < 4.78 is 16.8. The number of ether oxygens (including phenoxy) is 3. The molecule has 3 aliphatic rings. The first-order chi connectivity index (χ1) is 15.6. The second-order valence-corrected chi connectivity index (χ2v) is 8.79. The van der Waals surface area contributed by atoms with Gasteiger partial charge in [0.2, 0.25) is 5.91 Å². The summed E-state index contributed by atoms with van der Waals surface area (Å²) >= 11 is 5.97. The lowest BCUT2D eigenvalue weighted by atomic mass is 9.93. The molecule has 1 amide bonds. The van der Waals surface area contributed by atoms with E-state index in [-0.39, 0.29) is 18.3 Å². The Kier molecular flexibility index (Phi) is 5.93. The highest BCUT2D eigenvalue weighted by molar-refractivity contribution is 6.30. The first kappa shape index (κ1) is 21.1. The van der Waals surface area contributed by atoms with Crippen molar-refractivity contribution in [2.24, 2.45) is 5.92 Å². The van der Waals surface area contributed by atoms with Gasteiger partial charge in [0.25, 0.3) is 0 Å². The van der Waals surface area contributed by atoms with Crippen LogP contribution in [-0.2, 0) is 20.9 Å². The Labute approximate surface area is 191 Å². The minimum Gasteiger partial charge on any atom is -0.486 e. The molecule has 2 saturated heterocycles. The van der Waals surface area contributed by atoms with E-state index in [2.05, 4.69) is 11.0 Å². The first-order valence-electron chi connectivity index (χ1n) is 10.9. The fourth-order valence-corrected chi connectivity index (χ4v) is 4.66. The van der Waals surface area contributed by atoms with Crippen LogP contribution in [0, 0.1) is 5.92 Å². The normalized spacial score (nSPS) is 23.2. The maximum absolute atomic E-state index is 13.2. The van der Waals surface area contributed by atoms with Gasteiger partial charge in [0.15, 0.2) is 11.5 Å². The topological polar surface area (TPSA) is 68.3 Å². The molecule has 3 aliphatic heterocycles. The number of cyclic esters (lactones) is 1. The molecule has 0 radical (unpaired) electrons. The van der Waals surface area contributed by atoms with Gasteiger partial charge in [-0.2, -0.15) is 0 Å². The van der Waals surface area contributed by atoms with Gasteiger partial charge in [-0.25, -0.2) is 0 Å². The average Bonchev–Trinajstić information content (AvgIpc) is 3.21. The number of fused-ring (bicyclic) bond motifs is 1. The lowest BCUT2D eigenvalue weighted by Crippen LogP contribution is -2.50. The summed E-state index contributed by atoms with van der Waals surface area (Å²) in [6.45, 7) is 4.74. The number of rotatable bonds is 4. The van der Waals surface area contributed by atoms with Crippen LogP contribution in [0.2, 0.25) is 5.02 Å². The van der Waals surface area contributed by atoms with Crippen LogP contribution in [0.5, 0.6) is 11.5 Å². The summed E-state index contributed by atoms with van der Waals surface area (Å²) in [4.78, 5) is 29.4. The number of esters is 1. The van der Waals surface area contributed by atoms with Crippen LogP contribution in [0.15, 0.2) is 42.5 Å². The van der Waals surface area contributed by atoms with E-state index in [1.807, 2.05) is 29.2 Å². The van der Waals surface area contributed by atoms with Crippen LogP contribution in [0.1, 0.15) is 23.7 Å². The van der Waals surface area contributed by atoms with Gasteiger partial charge in [-0.15, -0.1) is 0 Å². The van der Waals surface area contributed by atoms with Crippen molar-refractivity contribution in [2.45, 2.75) is 19.1 Å². The maximum atomic E-state index is 13.2. The van der Waals surface area contributed by atoms with Gasteiger partial charge in [-0.3, -0.25) is 14.5 Å². The molecule has 0 N–H and O–H groups in total. The molecule has 0 bridgehead atoms. The van der Waals surface area contributed by atoms with Gasteiger partial charge in [0.05, 0.1) is 12.3 Å². The maximum Gasteiger partial charge on any atom is 0.307 e. The van der Waals surface area contributed by atoms with E-state index in [9.17, 15) is 9.59 Å². The lowest BCUT2D eigenvalue weighted by molar-refractivity contribution is -0.142. The Morgan fingerprint density at radius 1 is 0.969 bits per heavy atom. The molecule has 8 heteroatoms. The zero-order valence-corrected chi connectivity index (χ0v) is 18.4. The molecule has 2 aromatic carbocycles. The molecule has 0 unspecified atom stereocenters. The molecule has 5 rings (SSSR count). The molecule has 7 nitrogen and oxygen atoms in total. The van der Waals surface area contributed by atoms with Crippen molar-refractivity contribution in [1.82, 2.24) is 9.80 Å². The zero-order chi connectivity index (χ0) is 22.1. The molecule has 168 valence electrons. The van der Waals surface area contributed by atoms with E-state index in [1.165, 1.54) is 0 Å². The smallest absolute Gasteiger partial charge is 0.307 e. The number of carbonyl (C=O) groups excluding carboxylic acids is 2. The van der Waals surface area contributed by atoms with Gasteiger partial charge in [0, 0.05) is 37.7 Å². The predicted molar refractivity (Wildman–Crippen MR) is 118 cm³/mol. The van der Waals surface area contributed by atoms with Gasteiger partial charge >= 0.3 is 5.97 Å². The second kappa shape index (κ2) is 9.00. The quantitative estimate of drug-likeness (QED) is 0.659. The fourth-order valence-electron chi connectivity index (χ4n) is 4.53. The molecule has 2 aromatic rings. The number of halogens is 1. The van der Waals surface area contributed by atoms with E-state index in [0.717, 1.165) is 42.3 Å².